The van der Waals surface area contributed by atoms with E-state index in [1.54, 1.807) is 0 Å². The molecule has 0 heterocycles. The fraction of sp³-hybridized carbons (Fsp3) is 0.480. The van der Waals surface area contributed by atoms with Crippen molar-refractivity contribution in [3.8, 4) is 0 Å². The number of carbonyl (C=O) groups is 1. The summed E-state index contributed by atoms with van der Waals surface area (Å²) in [5.41, 5.74) is 8.54. The van der Waals surface area contributed by atoms with Crippen molar-refractivity contribution in [1.29, 1.82) is 0 Å². The third-order valence-electron chi connectivity index (χ3n) is 6.30. The van der Waals surface area contributed by atoms with E-state index in [9.17, 15) is 4.79 Å². The highest BCUT2D eigenvalue weighted by Crippen LogP contribution is 2.48. The van der Waals surface area contributed by atoms with Gasteiger partial charge in [-0.05, 0) is 83.3 Å². The van der Waals surface area contributed by atoms with Gasteiger partial charge in [0.1, 0.15) is 0 Å². The second-order valence-electron chi connectivity index (χ2n) is 9.42. The normalized spacial score (nSPS) is 20.8. The number of rotatable bonds is 4. The minimum absolute atomic E-state index is 0.221. The van der Waals surface area contributed by atoms with Gasteiger partial charge in [0.25, 0.3) is 0 Å². The van der Waals surface area contributed by atoms with Gasteiger partial charge in [-0.15, -0.1) is 0 Å². The molecule has 1 aromatic carbocycles. The van der Waals surface area contributed by atoms with Crippen LogP contribution in [-0.4, -0.2) is 11.1 Å². The van der Waals surface area contributed by atoms with Crippen molar-refractivity contribution in [3.05, 3.63) is 64.3 Å². The third-order valence-corrected chi connectivity index (χ3v) is 6.30. The Morgan fingerprint density at radius 2 is 1.74 bits per heavy atom. The van der Waals surface area contributed by atoms with Crippen LogP contribution in [-0.2, 0) is 22.0 Å². The lowest BCUT2D eigenvalue weighted by Crippen LogP contribution is -2.34. The molecule has 0 fully saturated rings. The molecule has 2 nitrogen and oxygen atoms in total. The lowest BCUT2D eigenvalue weighted by atomic mass is 9.62. The molecule has 0 radical (unpaired) electrons. The third kappa shape index (κ3) is 4.10. The minimum atomic E-state index is -0.893. The Hall–Kier alpha value is -2.09. The van der Waals surface area contributed by atoms with Crippen LogP contribution in [0.4, 0.5) is 0 Å². The highest BCUT2D eigenvalue weighted by atomic mass is 16.4. The Kier molecular flexibility index (Phi) is 5.20. The highest BCUT2D eigenvalue weighted by Gasteiger charge is 2.37. The molecule has 3 rings (SSSR count). The Morgan fingerprint density at radius 3 is 2.37 bits per heavy atom. The fourth-order valence-electron chi connectivity index (χ4n) is 4.48. The van der Waals surface area contributed by atoms with Crippen LogP contribution in [0.1, 0.15) is 82.6 Å². The number of hydrogen-bond acceptors (Lipinski definition) is 1. The van der Waals surface area contributed by atoms with E-state index in [0.29, 0.717) is 0 Å². The molecule has 0 saturated carbocycles. The van der Waals surface area contributed by atoms with Crippen molar-refractivity contribution in [1.82, 2.24) is 0 Å². The predicted octanol–water partition coefficient (Wildman–Crippen LogP) is 6.34. The van der Waals surface area contributed by atoms with E-state index < -0.39 is 5.97 Å². The summed E-state index contributed by atoms with van der Waals surface area (Å²) < 4.78 is 0. The maximum Gasteiger partial charge on any atom is 0.328 e. The molecule has 0 aromatic heterocycles. The van der Waals surface area contributed by atoms with Crippen LogP contribution in [0.2, 0.25) is 0 Å². The lowest BCUT2D eigenvalue weighted by Gasteiger charge is -2.43. The van der Waals surface area contributed by atoms with Crippen molar-refractivity contribution in [2.75, 3.05) is 0 Å². The molecule has 1 aromatic rings. The van der Waals surface area contributed by atoms with Gasteiger partial charge in [0.2, 0.25) is 0 Å². The minimum Gasteiger partial charge on any atom is -0.478 e. The van der Waals surface area contributed by atoms with E-state index in [0.717, 1.165) is 24.8 Å². The Balaban J connectivity index is 1.95. The Labute approximate surface area is 163 Å². The summed E-state index contributed by atoms with van der Waals surface area (Å²) in [5.74, 6) is -0.893. The Morgan fingerprint density at radius 1 is 1.11 bits per heavy atom. The zero-order chi connectivity index (χ0) is 19.8. The smallest absolute Gasteiger partial charge is 0.328 e. The van der Waals surface area contributed by atoms with E-state index in [-0.39, 0.29) is 10.8 Å². The Bertz CT molecular complexity index is 847. The molecule has 0 atom stereocenters. The molecule has 0 aliphatic heterocycles. The summed E-state index contributed by atoms with van der Waals surface area (Å²) >= 11 is 0. The topological polar surface area (TPSA) is 37.3 Å². The zero-order valence-corrected chi connectivity index (χ0v) is 17.4. The number of aryl methyl sites for hydroxylation is 1. The van der Waals surface area contributed by atoms with Gasteiger partial charge in [-0.25, -0.2) is 4.79 Å². The highest BCUT2D eigenvalue weighted by molar-refractivity contribution is 5.81. The van der Waals surface area contributed by atoms with Crippen molar-refractivity contribution >= 4 is 11.5 Å². The van der Waals surface area contributed by atoms with Gasteiger partial charge in [0, 0.05) is 6.08 Å². The monoisotopic (exact) mass is 364 g/mol. The number of fused-ring (bicyclic) bond motifs is 2. The van der Waals surface area contributed by atoms with Gasteiger partial charge in [-0.1, -0.05) is 58.1 Å². The molecule has 0 bridgehead atoms. The zero-order valence-electron chi connectivity index (χ0n) is 17.4. The second kappa shape index (κ2) is 7.14. The van der Waals surface area contributed by atoms with Gasteiger partial charge >= 0.3 is 5.97 Å². The molecule has 1 N–H and O–H groups in total. The summed E-state index contributed by atoms with van der Waals surface area (Å²) in [6.45, 7) is 11.3. The van der Waals surface area contributed by atoms with Crippen LogP contribution in [0.25, 0.3) is 5.57 Å². The number of hydrogen-bond donors (Lipinski definition) is 1. The average Bonchev–Trinajstić information content (AvgIpc) is 2.57. The van der Waals surface area contributed by atoms with Gasteiger partial charge < -0.3 is 5.11 Å². The standard InChI is InChI=1S/C25H32O2/c1-17(14-23(26)27)8-6-9-18-10-7-11-19-15-21-22(16-20(18)19)25(4,5)13-12-24(21,2)3/h6,8,10,14-16H,7,9,11-13H2,1-5H3,(H,26,27). The first-order valence-corrected chi connectivity index (χ1v) is 10.1. The first kappa shape index (κ1) is 19.7. The maximum atomic E-state index is 10.8. The van der Waals surface area contributed by atoms with E-state index in [4.69, 9.17) is 5.11 Å². The first-order valence-electron chi connectivity index (χ1n) is 10.1. The van der Waals surface area contributed by atoms with E-state index in [1.807, 2.05) is 13.0 Å². The number of carboxylic acids is 1. The van der Waals surface area contributed by atoms with Gasteiger partial charge in [-0.2, -0.15) is 0 Å². The molecular formula is C25H32O2. The molecule has 0 amide bonds. The van der Waals surface area contributed by atoms with E-state index in [2.05, 4.69) is 52.0 Å². The van der Waals surface area contributed by atoms with Crippen LogP contribution < -0.4 is 0 Å². The first-order chi connectivity index (χ1) is 12.6. The van der Waals surface area contributed by atoms with Crippen LogP contribution in [0.15, 0.2) is 42.0 Å². The molecule has 2 heteroatoms. The van der Waals surface area contributed by atoms with Gasteiger partial charge in [0.05, 0.1) is 0 Å². The summed E-state index contributed by atoms with van der Waals surface area (Å²) in [5, 5.41) is 8.84. The van der Waals surface area contributed by atoms with E-state index in [1.165, 1.54) is 46.7 Å². The average molecular weight is 365 g/mol. The molecule has 144 valence electrons. The SMILES string of the molecule is CC(C=CCC1=CCCc2cc3c(cc21)C(C)(C)CCC3(C)C)=CC(=O)O. The molecular weight excluding hydrogens is 332 g/mol. The molecule has 0 spiro atoms. The lowest BCUT2D eigenvalue weighted by molar-refractivity contribution is -0.131. The van der Waals surface area contributed by atoms with Gasteiger partial charge in [0.15, 0.2) is 0 Å². The van der Waals surface area contributed by atoms with Crippen molar-refractivity contribution < 1.29 is 9.90 Å². The maximum absolute atomic E-state index is 10.8. The summed E-state index contributed by atoms with van der Waals surface area (Å²) in [6, 6.07) is 4.95. The number of aliphatic carboxylic acids is 1. The molecule has 0 unspecified atom stereocenters. The summed E-state index contributed by atoms with van der Waals surface area (Å²) in [7, 11) is 0. The van der Waals surface area contributed by atoms with Crippen molar-refractivity contribution in [2.24, 2.45) is 0 Å². The molecule has 0 saturated heterocycles. The molecule has 2 aliphatic carbocycles. The summed E-state index contributed by atoms with van der Waals surface area (Å²) in [4.78, 5) is 10.8. The fourth-order valence-corrected chi connectivity index (χ4v) is 4.48. The molecule has 2 aliphatic rings. The molecule has 27 heavy (non-hydrogen) atoms. The summed E-state index contributed by atoms with van der Waals surface area (Å²) in [6.07, 6.45) is 13.1. The second-order valence-corrected chi connectivity index (χ2v) is 9.42. The van der Waals surface area contributed by atoms with Crippen LogP contribution >= 0.6 is 0 Å². The van der Waals surface area contributed by atoms with E-state index >= 15 is 0 Å². The largest absolute Gasteiger partial charge is 0.478 e. The van der Waals surface area contributed by atoms with Crippen molar-refractivity contribution in [2.45, 2.75) is 77.6 Å². The number of benzene rings is 1. The van der Waals surface area contributed by atoms with Crippen LogP contribution in [0, 0.1) is 0 Å². The number of allylic oxidation sites excluding steroid dienone is 5. The number of carboxylic acid groups (broad SMARTS) is 1. The predicted molar refractivity (Wildman–Crippen MR) is 113 cm³/mol. The van der Waals surface area contributed by atoms with Crippen LogP contribution in [0.3, 0.4) is 0 Å². The van der Waals surface area contributed by atoms with Crippen molar-refractivity contribution in [3.63, 3.8) is 0 Å². The van der Waals surface area contributed by atoms with Crippen LogP contribution in [0.5, 0.6) is 0 Å². The quantitative estimate of drug-likeness (QED) is 0.500. The van der Waals surface area contributed by atoms with Gasteiger partial charge in [-0.3, -0.25) is 0 Å².